The molecule has 4 heterocycles. The molecule has 0 bridgehead atoms. The minimum Gasteiger partial charge on any atom is -0.507 e. The van der Waals surface area contributed by atoms with Crippen LogP contribution in [0.15, 0.2) is 157 Å². The molecule has 0 amide bonds. The van der Waals surface area contributed by atoms with Crippen molar-refractivity contribution < 1.29 is 32.0 Å². The standard InChI is InChI=1S/C52H44N5O2Si.Pt/c1-52(2,3)38-25-36(24-37(26-38)43-27-35(22-23-54-43)33-14-9-7-10-15-33)40-18-13-19-45-50(40)55-51(42-29-46-48(30-47(42)58)59-49-31-53-32-56(46)49)57(45)44-21-20-39(60(4,5)6)28-41(44)34-16-11-8-12-17-34;/h7-23,25-32,58H,1-6H3;/q-1;/i32D;. The van der Waals surface area contributed by atoms with Crippen LogP contribution in [-0.4, -0.2) is 37.1 Å². The molecule has 0 radical (unpaired) electrons. The van der Waals surface area contributed by atoms with E-state index in [0.29, 0.717) is 28.2 Å². The fraction of sp³-hybridized carbons (Fsp3) is 0.135. The monoisotopic (exact) mass is 994 g/mol. The maximum absolute atomic E-state index is 11.9. The number of benzene rings is 6. The molecule has 0 fully saturated rings. The Balaban J connectivity index is 0.00000490. The van der Waals surface area contributed by atoms with E-state index in [4.69, 9.17) is 15.8 Å². The van der Waals surface area contributed by atoms with Crippen LogP contribution in [0.5, 0.6) is 5.75 Å². The van der Waals surface area contributed by atoms with Crippen LogP contribution in [0.2, 0.25) is 19.6 Å². The van der Waals surface area contributed by atoms with Crippen molar-refractivity contribution in [2.24, 2.45) is 0 Å². The van der Waals surface area contributed by atoms with E-state index in [1.165, 1.54) is 11.4 Å². The fourth-order valence-corrected chi connectivity index (χ4v) is 9.22. The van der Waals surface area contributed by atoms with E-state index >= 15 is 0 Å². The third kappa shape index (κ3) is 7.24. The second-order valence-corrected chi connectivity index (χ2v) is 22.6. The summed E-state index contributed by atoms with van der Waals surface area (Å²) in [7, 11) is -1.73. The number of pyridine rings is 1. The van der Waals surface area contributed by atoms with Crippen molar-refractivity contribution in [2.75, 3.05) is 0 Å². The van der Waals surface area contributed by atoms with Gasteiger partial charge in [0.1, 0.15) is 19.2 Å². The van der Waals surface area contributed by atoms with Crippen LogP contribution >= 0.6 is 0 Å². The van der Waals surface area contributed by atoms with Gasteiger partial charge in [-0.25, -0.2) is 9.97 Å². The first-order valence-electron chi connectivity index (χ1n) is 20.7. The largest absolute Gasteiger partial charge is 0.507 e. The van der Waals surface area contributed by atoms with E-state index in [9.17, 15) is 5.11 Å². The second kappa shape index (κ2) is 15.3. The Kier molecular flexibility index (Phi) is 9.73. The van der Waals surface area contributed by atoms with Crippen LogP contribution in [0.25, 0.3) is 89.6 Å². The smallest absolute Gasteiger partial charge is 0.224 e. The van der Waals surface area contributed by atoms with Crippen LogP contribution in [0, 0.1) is 6.07 Å². The van der Waals surface area contributed by atoms with Crippen LogP contribution in [-0.2, 0) is 26.5 Å². The molecule has 0 aliphatic heterocycles. The predicted molar refractivity (Wildman–Crippen MR) is 247 cm³/mol. The fourth-order valence-electron chi connectivity index (χ4n) is 8.06. The SMILES string of the molecule is [2H]c1ncc2oc3cc(O)c(-c4nc5c(-c6[c-]c(-c7cc(-c8ccccc8)ccn7)cc(C(C)(C)C)c6)cccc5n4-c4ccc([Si](C)(C)C)cc4-c4ccccc4)cc3n12.[Pt]. The number of aromatic hydroxyl groups is 1. The van der Waals surface area contributed by atoms with Gasteiger partial charge in [0.05, 0.1) is 42.1 Å². The van der Waals surface area contributed by atoms with Crippen LogP contribution < -0.4 is 5.19 Å². The molecule has 0 atom stereocenters. The summed E-state index contributed by atoms with van der Waals surface area (Å²) in [6.45, 7) is 13.8. The summed E-state index contributed by atoms with van der Waals surface area (Å²) >= 11 is 0. The molecule has 10 aromatic rings. The first-order chi connectivity index (χ1) is 29.3. The zero-order chi connectivity index (χ0) is 42.2. The number of imidazole rings is 2. The van der Waals surface area contributed by atoms with Gasteiger partial charge in [-0.3, -0.25) is 14.0 Å². The van der Waals surface area contributed by atoms with Gasteiger partial charge in [-0.2, -0.15) is 0 Å². The van der Waals surface area contributed by atoms with Crippen LogP contribution in [0.4, 0.5) is 0 Å². The van der Waals surface area contributed by atoms with Crippen molar-refractivity contribution in [3.05, 3.63) is 164 Å². The second-order valence-electron chi connectivity index (χ2n) is 17.5. The van der Waals surface area contributed by atoms with E-state index in [-0.39, 0.29) is 38.5 Å². The van der Waals surface area contributed by atoms with Crippen LogP contribution in [0.1, 0.15) is 27.7 Å². The molecular weight excluding hydrogens is 950 g/mol. The van der Waals surface area contributed by atoms with Gasteiger partial charge >= 0.3 is 0 Å². The normalized spacial score (nSPS) is 12.3. The Bertz CT molecular complexity index is 3310. The summed E-state index contributed by atoms with van der Waals surface area (Å²) in [6.07, 6.45) is 3.44. The van der Waals surface area contributed by atoms with Gasteiger partial charge in [0.15, 0.2) is 5.58 Å². The molecule has 4 aromatic heterocycles. The van der Waals surface area contributed by atoms with E-state index in [2.05, 4.69) is 159 Å². The number of hydrogen-bond donors (Lipinski definition) is 1. The molecule has 7 nitrogen and oxygen atoms in total. The van der Waals surface area contributed by atoms with Gasteiger partial charge in [0.2, 0.25) is 5.71 Å². The number of fused-ring (bicyclic) bond motifs is 4. The van der Waals surface area contributed by atoms with Gasteiger partial charge in [-0.05, 0) is 46.4 Å². The first kappa shape index (κ1) is 38.8. The summed E-state index contributed by atoms with van der Waals surface area (Å²) in [6, 6.07) is 49.7. The average molecular weight is 995 g/mol. The Morgan fingerprint density at radius 2 is 1.46 bits per heavy atom. The first-order valence-corrected chi connectivity index (χ1v) is 23.7. The van der Waals surface area contributed by atoms with Crippen molar-refractivity contribution >= 4 is 41.1 Å². The number of rotatable bonds is 7. The van der Waals surface area contributed by atoms with Crippen LogP contribution in [0.3, 0.4) is 0 Å². The third-order valence-electron chi connectivity index (χ3n) is 11.4. The summed E-state index contributed by atoms with van der Waals surface area (Å²) in [5.41, 5.74) is 13.4. The number of aromatic nitrogens is 5. The van der Waals surface area contributed by atoms with Crippen molar-refractivity contribution in [3.63, 3.8) is 0 Å². The van der Waals surface area contributed by atoms with E-state index in [0.717, 1.165) is 66.9 Å². The molecule has 0 aliphatic carbocycles. The Hall–Kier alpha value is -6.34. The van der Waals surface area contributed by atoms with Crippen molar-refractivity contribution in [1.82, 2.24) is 23.9 Å². The number of nitrogens with zero attached hydrogens (tertiary/aromatic N) is 5. The summed E-state index contributed by atoms with van der Waals surface area (Å²) < 4.78 is 18.4. The summed E-state index contributed by atoms with van der Waals surface area (Å²) in [5, 5.41) is 13.2. The van der Waals surface area contributed by atoms with Gasteiger partial charge in [0, 0.05) is 44.6 Å². The molecular formula is C52H44N5O2PtSi-. The molecule has 0 aliphatic rings. The van der Waals surface area contributed by atoms with Gasteiger partial charge in [0.25, 0.3) is 0 Å². The molecule has 0 saturated carbocycles. The summed E-state index contributed by atoms with van der Waals surface area (Å²) in [5.74, 6) is 0.556. The molecule has 9 heteroatoms. The Labute approximate surface area is 372 Å². The molecule has 0 unspecified atom stereocenters. The minimum absolute atomic E-state index is 0. The van der Waals surface area contributed by atoms with E-state index in [1.54, 1.807) is 10.5 Å². The average Bonchev–Trinajstić information content (AvgIpc) is 3.94. The number of hydrogen-bond acceptors (Lipinski definition) is 5. The minimum atomic E-state index is -1.73. The third-order valence-corrected chi connectivity index (χ3v) is 13.4. The molecule has 0 saturated heterocycles. The van der Waals surface area contributed by atoms with Gasteiger partial charge in [-0.15, -0.1) is 29.3 Å². The van der Waals surface area contributed by atoms with Crippen molar-refractivity contribution in [2.45, 2.75) is 45.8 Å². The van der Waals surface area contributed by atoms with Gasteiger partial charge in [-0.1, -0.05) is 148 Å². The maximum Gasteiger partial charge on any atom is 0.224 e. The topological polar surface area (TPSA) is 81.4 Å². The Morgan fingerprint density at radius 3 is 2.20 bits per heavy atom. The molecule has 0 spiro atoms. The number of para-hydroxylation sites is 1. The Morgan fingerprint density at radius 1 is 0.721 bits per heavy atom. The molecule has 61 heavy (non-hydrogen) atoms. The quantitative estimate of drug-likeness (QED) is 0.127. The van der Waals surface area contributed by atoms with E-state index < -0.39 is 8.07 Å². The number of oxazole rings is 1. The molecule has 1 N–H and O–H groups in total. The summed E-state index contributed by atoms with van der Waals surface area (Å²) in [4.78, 5) is 14.5. The van der Waals surface area contributed by atoms with E-state index in [1.807, 2.05) is 30.5 Å². The zero-order valence-electron chi connectivity index (χ0n) is 35.8. The number of phenolic OH excluding ortho intramolecular Hbond substituents is 1. The predicted octanol–water partition coefficient (Wildman–Crippen LogP) is 12.5. The van der Waals surface area contributed by atoms with Crippen molar-refractivity contribution in [3.8, 4) is 67.5 Å². The molecule has 6 aromatic carbocycles. The molecule has 10 rings (SSSR count). The van der Waals surface area contributed by atoms with Crippen molar-refractivity contribution in [1.29, 1.82) is 0 Å². The maximum atomic E-state index is 11.9. The van der Waals surface area contributed by atoms with Gasteiger partial charge < -0.3 is 9.52 Å². The number of phenols is 1. The zero-order valence-corrected chi connectivity index (χ0v) is 38.0. The molecule has 304 valence electrons.